The number of nitrogens with zero attached hydrogens (tertiary/aromatic N) is 1. The highest BCUT2D eigenvalue weighted by Crippen LogP contribution is 2.15. The molecule has 0 saturated carbocycles. The highest BCUT2D eigenvalue weighted by molar-refractivity contribution is 5.91. The summed E-state index contributed by atoms with van der Waals surface area (Å²) >= 11 is 0. The summed E-state index contributed by atoms with van der Waals surface area (Å²) < 4.78 is 0. The number of amides is 2. The molecule has 4 heteroatoms. The third-order valence-corrected chi connectivity index (χ3v) is 3.96. The molecule has 126 valence electrons. The zero-order chi connectivity index (χ0) is 17.5. The number of rotatable bonds is 6. The monoisotopic (exact) mass is 324 g/mol. The first kappa shape index (κ1) is 17.7. The Balaban J connectivity index is 1.90. The molecule has 0 aliphatic carbocycles. The Hall–Kier alpha value is -2.62. The van der Waals surface area contributed by atoms with Gasteiger partial charge in [-0.15, -0.1) is 0 Å². The Labute approximate surface area is 143 Å². The van der Waals surface area contributed by atoms with Crippen LogP contribution in [0.5, 0.6) is 0 Å². The van der Waals surface area contributed by atoms with Gasteiger partial charge in [0.2, 0.25) is 11.8 Å². The van der Waals surface area contributed by atoms with Gasteiger partial charge in [-0.1, -0.05) is 36.4 Å². The number of benzene rings is 2. The van der Waals surface area contributed by atoms with E-state index in [9.17, 15) is 9.59 Å². The molecule has 0 radical (unpaired) electrons. The van der Waals surface area contributed by atoms with Crippen LogP contribution in [0, 0.1) is 13.8 Å². The van der Waals surface area contributed by atoms with E-state index >= 15 is 0 Å². The second kappa shape index (κ2) is 8.29. The molecule has 2 amide bonds. The molecule has 24 heavy (non-hydrogen) atoms. The van der Waals surface area contributed by atoms with E-state index in [2.05, 4.69) is 5.32 Å². The molecule has 0 aromatic heterocycles. The summed E-state index contributed by atoms with van der Waals surface area (Å²) in [6.45, 7) is 6.41. The van der Waals surface area contributed by atoms with Crippen LogP contribution >= 0.6 is 0 Å². The predicted molar refractivity (Wildman–Crippen MR) is 97.1 cm³/mol. The number of carbonyl (C=O) groups is 2. The maximum absolute atomic E-state index is 12.1. The summed E-state index contributed by atoms with van der Waals surface area (Å²) in [6.07, 6.45) is 0.358. The molecule has 0 atom stereocenters. The van der Waals surface area contributed by atoms with Crippen LogP contribution in [0.4, 0.5) is 5.69 Å². The van der Waals surface area contributed by atoms with E-state index in [-0.39, 0.29) is 11.8 Å². The molecular weight excluding hydrogens is 300 g/mol. The van der Waals surface area contributed by atoms with E-state index in [1.54, 1.807) is 4.90 Å². The van der Waals surface area contributed by atoms with Gasteiger partial charge in [0.05, 0.1) is 6.42 Å². The number of aryl methyl sites for hydroxylation is 2. The van der Waals surface area contributed by atoms with Crippen molar-refractivity contribution in [2.24, 2.45) is 0 Å². The Bertz CT molecular complexity index is 725. The van der Waals surface area contributed by atoms with Gasteiger partial charge in [-0.05, 0) is 42.7 Å². The van der Waals surface area contributed by atoms with Crippen LogP contribution in [-0.4, -0.2) is 24.9 Å². The number of hydrogen-bond acceptors (Lipinski definition) is 2. The summed E-state index contributed by atoms with van der Waals surface area (Å²) in [5.74, 6) is -0.0641. The minimum Gasteiger partial charge on any atom is -0.354 e. The summed E-state index contributed by atoms with van der Waals surface area (Å²) in [5.41, 5.74) is 4.09. The highest BCUT2D eigenvalue weighted by atomic mass is 16.2. The van der Waals surface area contributed by atoms with Crippen LogP contribution in [0.2, 0.25) is 0 Å². The number of carbonyl (C=O) groups excluding carboxylic acids is 2. The molecule has 0 heterocycles. The van der Waals surface area contributed by atoms with Gasteiger partial charge in [-0.25, -0.2) is 0 Å². The van der Waals surface area contributed by atoms with Crippen LogP contribution in [-0.2, 0) is 16.0 Å². The van der Waals surface area contributed by atoms with E-state index < -0.39 is 0 Å². The van der Waals surface area contributed by atoms with Gasteiger partial charge in [0, 0.05) is 25.7 Å². The molecule has 0 aliphatic rings. The summed E-state index contributed by atoms with van der Waals surface area (Å²) in [7, 11) is 0. The van der Waals surface area contributed by atoms with Crippen LogP contribution in [0.1, 0.15) is 23.6 Å². The van der Waals surface area contributed by atoms with E-state index in [0.29, 0.717) is 19.5 Å². The van der Waals surface area contributed by atoms with Crippen LogP contribution in [0.3, 0.4) is 0 Å². The molecule has 2 aromatic rings. The van der Waals surface area contributed by atoms with Crippen molar-refractivity contribution in [3.05, 3.63) is 65.2 Å². The summed E-state index contributed by atoms with van der Waals surface area (Å²) in [5, 5.41) is 2.90. The molecule has 0 fully saturated rings. The molecule has 1 N–H and O–H groups in total. The largest absolute Gasteiger partial charge is 0.354 e. The lowest BCUT2D eigenvalue weighted by Gasteiger charge is -2.22. The van der Waals surface area contributed by atoms with Crippen molar-refractivity contribution in [2.75, 3.05) is 18.0 Å². The minimum absolute atomic E-state index is 0.0305. The Morgan fingerprint density at radius 1 is 1.04 bits per heavy atom. The average molecular weight is 324 g/mol. The van der Waals surface area contributed by atoms with Crippen LogP contribution in [0.25, 0.3) is 0 Å². The molecule has 4 nitrogen and oxygen atoms in total. The average Bonchev–Trinajstić information content (AvgIpc) is 2.53. The smallest absolute Gasteiger partial charge is 0.224 e. The first-order chi connectivity index (χ1) is 11.5. The summed E-state index contributed by atoms with van der Waals surface area (Å²) in [6, 6.07) is 15.7. The standard InChI is InChI=1S/C20H24N2O2/c1-15-7-6-10-19(13-15)22(17(3)23)12-11-21-20(24)14-18-9-5-4-8-16(18)2/h4-10,13H,11-12,14H2,1-3H3,(H,21,24). The third-order valence-electron chi connectivity index (χ3n) is 3.96. The fraction of sp³-hybridized carbons (Fsp3) is 0.300. The quantitative estimate of drug-likeness (QED) is 0.888. The lowest BCUT2D eigenvalue weighted by Crippen LogP contribution is -2.38. The third kappa shape index (κ3) is 4.95. The second-order valence-corrected chi connectivity index (χ2v) is 5.96. The second-order valence-electron chi connectivity index (χ2n) is 5.96. The van der Waals surface area contributed by atoms with E-state index in [1.807, 2.05) is 62.4 Å². The normalized spacial score (nSPS) is 10.3. The molecule has 0 aliphatic heterocycles. The van der Waals surface area contributed by atoms with Gasteiger partial charge in [0.25, 0.3) is 0 Å². The van der Waals surface area contributed by atoms with Crippen LogP contribution in [0.15, 0.2) is 48.5 Å². The van der Waals surface area contributed by atoms with Crippen molar-refractivity contribution in [3.8, 4) is 0 Å². The van der Waals surface area contributed by atoms with Crippen molar-refractivity contribution < 1.29 is 9.59 Å². The van der Waals surface area contributed by atoms with Crippen LogP contribution < -0.4 is 10.2 Å². The molecular formula is C20H24N2O2. The molecule has 2 rings (SSSR count). The first-order valence-electron chi connectivity index (χ1n) is 8.13. The lowest BCUT2D eigenvalue weighted by molar-refractivity contribution is -0.121. The van der Waals surface area contributed by atoms with Crippen molar-refractivity contribution in [1.29, 1.82) is 0 Å². The SMILES string of the molecule is CC(=O)N(CCNC(=O)Cc1ccccc1C)c1cccc(C)c1. The van der Waals surface area contributed by atoms with E-state index in [1.165, 1.54) is 6.92 Å². The Morgan fingerprint density at radius 2 is 1.79 bits per heavy atom. The zero-order valence-electron chi connectivity index (χ0n) is 14.5. The van der Waals surface area contributed by atoms with Crippen molar-refractivity contribution >= 4 is 17.5 Å². The van der Waals surface area contributed by atoms with Crippen molar-refractivity contribution in [2.45, 2.75) is 27.2 Å². The molecule has 2 aromatic carbocycles. The lowest BCUT2D eigenvalue weighted by atomic mass is 10.1. The number of nitrogens with one attached hydrogen (secondary N) is 1. The highest BCUT2D eigenvalue weighted by Gasteiger charge is 2.12. The molecule has 0 saturated heterocycles. The zero-order valence-corrected chi connectivity index (χ0v) is 14.5. The maximum atomic E-state index is 12.1. The van der Waals surface area contributed by atoms with Gasteiger partial charge in [-0.3, -0.25) is 9.59 Å². The maximum Gasteiger partial charge on any atom is 0.224 e. The fourth-order valence-corrected chi connectivity index (χ4v) is 2.62. The van der Waals surface area contributed by atoms with Crippen molar-refractivity contribution in [1.82, 2.24) is 5.32 Å². The topological polar surface area (TPSA) is 49.4 Å². The van der Waals surface area contributed by atoms with E-state index in [0.717, 1.165) is 22.4 Å². The Morgan fingerprint density at radius 3 is 2.46 bits per heavy atom. The first-order valence-corrected chi connectivity index (χ1v) is 8.13. The number of hydrogen-bond donors (Lipinski definition) is 1. The molecule has 0 unspecified atom stereocenters. The van der Waals surface area contributed by atoms with Gasteiger partial charge >= 0.3 is 0 Å². The number of anilines is 1. The summed E-state index contributed by atoms with van der Waals surface area (Å²) in [4.78, 5) is 25.7. The molecule has 0 spiro atoms. The van der Waals surface area contributed by atoms with Gasteiger partial charge in [0.15, 0.2) is 0 Å². The van der Waals surface area contributed by atoms with E-state index in [4.69, 9.17) is 0 Å². The minimum atomic E-state index is -0.0336. The Kier molecular flexibility index (Phi) is 6.13. The van der Waals surface area contributed by atoms with Crippen molar-refractivity contribution in [3.63, 3.8) is 0 Å². The van der Waals surface area contributed by atoms with Gasteiger partial charge < -0.3 is 10.2 Å². The van der Waals surface area contributed by atoms with Gasteiger partial charge in [0.1, 0.15) is 0 Å². The van der Waals surface area contributed by atoms with Gasteiger partial charge in [-0.2, -0.15) is 0 Å². The molecule has 0 bridgehead atoms. The fourth-order valence-electron chi connectivity index (χ4n) is 2.62. The predicted octanol–water partition coefficient (Wildman–Crippen LogP) is 3.02.